The van der Waals surface area contributed by atoms with Crippen molar-refractivity contribution in [3.05, 3.63) is 94.9 Å². The Morgan fingerprint density at radius 3 is 2.53 bits per heavy atom. The Morgan fingerprint density at radius 1 is 1.09 bits per heavy atom. The third kappa shape index (κ3) is 5.11. The number of anilines is 1. The van der Waals surface area contributed by atoms with Crippen LogP contribution in [0.25, 0.3) is 6.08 Å². The molecule has 1 heterocycles. The molecule has 162 valence electrons. The molecule has 3 aromatic carbocycles. The minimum Gasteiger partial charge on any atom is -0.487 e. The van der Waals surface area contributed by atoms with Crippen molar-refractivity contribution < 1.29 is 9.53 Å². The summed E-state index contributed by atoms with van der Waals surface area (Å²) in [5, 5.41) is 6.54. The number of rotatable bonds is 5. The highest BCUT2D eigenvalue weighted by molar-refractivity contribution is 14.1. The summed E-state index contributed by atoms with van der Waals surface area (Å²) >= 11 is 15.5. The third-order valence-corrected chi connectivity index (χ3v) is 6.96. The van der Waals surface area contributed by atoms with Gasteiger partial charge < -0.3 is 4.74 Å². The first-order chi connectivity index (χ1) is 15.3. The van der Waals surface area contributed by atoms with Gasteiger partial charge in [0.1, 0.15) is 12.4 Å². The van der Waals surface area contributed by atoms with Gasteiger partial charge in [0.2, 0.25) is 0 Å². The van der Waals surface area contributed by atoms with Crippen LogP contribution < -0.4 is 9.75 Å². The van der Waals surface area contributed by atoms with Gasteiger partial charge in [-0.15, -0.1) is 0 Å². The Labute approximate surface area is 221 Å². The topological polar surface area (TPSA) is 41.9 Å². The average molecular weight is 687 g/mol. The Hall–Kier alpha value is -1.68. The second-order valence-electron chi connectivity index (χ2n) is 7.02. The number of hydrogen-bond acceptors (Lipinski definition) is 3. The lowest BCUT2D eigenvalue weighted by atomic mass is 10.1. The Morgan fingerprint density at radius 2 is 1.81 bits per heavy atom. The summed E-state index contributed by atoms with van der Waals surface area (Å²) in [6.07, 6.45) is 1.83. The molecule has 0 spiro atoms. The van der Waals surface area contributed by atoms with Gasteiger partial charge in [-0.05, 0) is 78.1 Å². The normalized spacial score (nSPS) is 14.8. The largest absolute Gasteiger partial charge is 0.487 e. The van der Waals surface area contributed by atoms with Gasteiger partial charge >= 0.3 is 0 Å². The minimum absolute atomic E-state index is 0.183. The van der Waals surface area contributed by atoms with Gasteiger partial charge in [0.15, 0.2) is 0 Å². The number of carbonyl (C=O) groups is 1. The highest BCUT2D eigenvalue weighted by Crippen LogP contribution is 2.34. The van der Waals surface area contributed by atoms with Crippen molar-refractivity contribution in [1.82, 2.24) is 0 Å². The van der Waals surface area contributed by atoms with Crippen molar-refractivity contribution in [3.8, 4) is 5.75 Å². The van der Waals surface area contributed by atoms with E-state index in [-0.39, 0.29) is 5.91 Å². The predicted molar refractivity (Wildman–Crippen MR) is 145 cm³/mol. The van der Waals surface area contributed by atoms with E-state index in [0.29, 0.717) is 34.4 Å². The summed E-state index contributed by atoms with van der Waals surface area (Å²) in [7, 11) is 0. The fourth-order valence-corrected chi connectivity index (χ4v) is 5.36. The van der Waals surface area contributed by atoms with Crippen molar-refractivity contribution in [2.45, 2.75) is 13.5 Å². The summed E-state index contributed by atoms with van der Waals surface area (Å²) in [5.41, 5.74) is 3.54. The zero-order valence-electron chi connectivity index (χ0n) is 16.8. The molecule has 0 unspecified atom stereocenters. The molecule has 0 fully saturated rings. The van der Waals surface area contributed by atoms with Crippen LogP contribution in [0.4, 0.5) is 5.69 Å². The van der Waals surface area contributed by atoms with Crippen LogP contribution in [0.1, 0.15) is 18.1 Å². The van der Waals surface area contributed by atoms with Crippen molar-refractivity contribution in [3.63, 3.8) is 0 Å². The number of hydrazone groups is 1. The maximum atomic E-state index is 13.2. The molecule has 0 N–H and O–H groups in total. The molecule has 0 saturated heterocycles. The summed E-state index contributed by atoms with van der Waals surface area (Å²) in [6.45, 7) is 2.15. The van der Waals surface area contributed by atoms with Crippen LogP contribution in [-0.4, -0.2) is 11.6 Å². The lowest BCUT2D eigenvalue weighted by Gasteiger charge is -2.14. The van der Waals surface area contributed by atoms with Crippen LogP contribution in [0, 0.1) is 3.57 Å². The quantitative estimate of drug-likeness (QED) is 0.203. The lowest BCUT2D eigenvalue weighted by Crippen LogP contribution is -2.21. The second-order valence-corrected chi connectivity index (χ2v) is 10.4. The molecule has 1 aliphatic heterocycles. The zero-order valence-corrected chi connectivity index (χ0v) is 22.9. The molecule has 0 aliphatic carbocycles. The van der Waals surface area contributed by atoms with Crippen molar-refractivity contribution in [2.24, 2.45) is 5.10 Å². The highest BCUT2D eigenvalue weighted by Gasteiger charge is 2.29. The number of hydrogen-bond donors (Lipinski definition) is 0. The Balaban J connectivity index is 1.67. The fourth-order valence-electron chi connectivity index (χ4n) is 3.20. The van der Waals surface area contributed by atoms with E-state index in [1.54, 1.807) is 0 Å². The van der Waals surface area contributed by atoms with Crippen LogP contribution in [0.2, 0.25) is 5.02 Å². The molecule has 3 aromatic rings. The van der Waals surface area contributed by atoms with Crippen LogP contribution in [0.3, 0.4) is 0 Å². The number of nitrogens with zero attached hydrogens (tertiary/aromatic N) is 2. The number of benzene rings is 3. The Kier molecular flexibility index (Phi) is 7.39. The number of halogens is 4. The van der Waals surface area contributed by atoms with Gasteiger partial charge in [0.25, 0.3) is 5.91 Å². The van der Waals surface area contributed by atoms with E-state index < -0.39 is 0 Å². The zero-order chi connectivity index (χ0) is 22.8. The van der Waals surface area contributed by atoms with Gasteiger partial charge in [-0.3, -0.25) is 4.79 Å². The molecule has 0 radical (unpaired) electrons. The van der Waals surface area contributed by atoms with E-state index in [1.807, 2.05) is 73.7 Å². The highest BCUT2D eigenvalue weighted by atomic mass is 127. The summed E-state index contributed by atoms with van der Waals surface area (Å²) in [6, 6.07) is 18.9. The van der Waals surface area contributed by atoms with Crippen LogP contribution in [0.5, 0.6) is 5.75 Å². The monoisotopic (exact) mass is 684 g/mol. The predicted octanol–water partition coefficient (Wildman–Crippen LogP) is 7.85. The summed E-state index contributed by atoms with van der Waals surface area (Å²) in [5.74, 6) is 0.501. The summed E-state index contributed by atoms with van der Waals surface area (Å²) < 4.78 is 8.92. The van der Waals surface area contributed by atoms with Crippen molar-refractivity contribution in [1.29, 1.82) is 0 Å². The van der Waals surface area contributed by atoms with Gasteiger partial charge in [0, 0.05) is 25.1 Å². The van der Waals surface area contributed by atoms with E-state index in [0.717, 1.165) is 23.6 Å². The molecule has 32 heavy (non-hydrogen) atoms. The van der Waals surface area contributed by atoms with Gasteiger partial charge in [0.05, 0.1) is 20.5 Å². The molecule has 1 aliphatic rings. The van der Waals surface area contributed by atoms with E-state index in [1.165, 1.54) is 5.01 Å². The van der Waals surface area contributed by atoms with Crippen LogP contribution in [0.15, 0.2) is 80.3 Å². The molecule has 1 amide bonds. The number of amides is 1. The number of carbonyl (C=O) groups excluding carboxylic acids is 1. The molecule has 0 atom stereocenters. The molecule has 4 rings (SSSR count). The van der Waals surface area contributed by atoms with E-state index >= 15 is 0 Å². The van der Waals surface area contributed by atoms with E-state index in [2.05, 4.69) is 59.6 Å². The molecule has 0 bridgehead atoms. The van der Waals surface area contributed by atoms with Gasteiger partial charge in [-0.25, -0.2) is 0 Å². The smallest absolute Gasteiger partial charge is 0.280 e. The Bertz CT molecular complexity index is 1260. The van der Waals surface area contributed by atoms with Gasteiger partial charge in [-0.1, -0.05) is 61.7 Å². The lowest BCUT2D eigenvalue weighted by molar-refractivity contribution is -0.114. The molecule has 4 nitrogen and oxygen atoms in total. The van der Waals surface area contributed by atoms with E-state index in [9.17, 15) is 4.79 Å². The fraction of sp³-hybridized carbons (Fsp3) is 0.0833. The standard InChI is InChI=1S/C24H16Br2ClIN2O2/c1-14-20(24(31)30(29-14)19-8-6-17(25)7-9-19)11-16-10-18(26)12-22(28)23(16)32-13-15-4-2-3-5-21(15)27/h2-12H,13H2,1H3/b20-11+. The van der Waals surface area contributed by atoms with Crippen molar-refractivity contribution >= 4 is 89.4 Å². The molecule has 0 saturated carbocycles. The van der Waals surface area contributed by atoms with Crippen LogP contribution >= 0.6 is 66.1 Å². The second kappa shape index (κ2) is 10.1. The van der Waals surface area contributed by atoms with Crippen LogP contribution in [-0.2, 0) is 11.4 Å². The number of ether oxygens (including phenoxy) is 1. The first-order valence-corrected chi connectivity index (χ1v) is 12.6. The van der Waals surface area contributed by atoms with E-state index in [4.69, 9.17) is 16.3 Å². The van der Waals surface area contributed by atoms with Crippen molar-refractivity contribution in [2.75, 3.05) is 5.01 Å². The minimum atomic E-state index is -0.183. The molecular weight excluding hydrogens is 670 g/mol. The van der Waals surface area contributed by atoms with Gasteiger partial charge in [-0.2, -0.15) is 10.1 Å². The maximum Gasteiger partial charge on any atom is 0.280 e. The first kappa shape index (κ1) is 23.5. The molecular formula is C24H16Br2ClIN2O2. The maximum absolute atomic E-state index is 13.2. The molecule has 8 heteroatoms. The summed E-state index contributed by atoms with van der Waals surface area (Å²) in [4.78, 5) is 13.2. The first-order valence-electron chi connectivity index (χ1n) is 9.56. The SMILES string of the molecule is CC1=NN(c2ccc(Br)cc2)C(=O)/C1=C/c1cc(Br)cc(I)c1OCc1ccccc1Cl. The third-order valence-electron chi connectivity index (χ3n) is 4.80. The molecule has 0 aromatic heterocycles. The average Bonchev–Trinajstić information content (AvgIpc) is 3.03.